The summed E-state index contributed by atoms with van der Waals surface area (Å²) in [7, 11) is -3.91. The van der Waals surface area contributed by atoms with E-state index < -0.39 is 22.7 Å². The lowest BCUT2D eigenvalue weighted by Gasteiger charge is -2.30. The molecule has 4 aromatic rings. The van der Waals surface area contributed by atoms with Crippen LogP contribution in [0.15, 0.2) is 68.0 Å². The molecule has 3 heterocycles. The van der Waals surface area contributed by atoms with Gasteiger partial charge in [-0.3, -0.25) is 0 Å². The van der Waals surface area contributed by atoms with Crippen molar-refractivity contribution in [2.45, 2.75) is 16.9 Å². The van der Waals surface area contributed by atoms with E-state index in [0.29, 0.717) is 33.6 Å². The zero-order valence-corrected chi connectivity index (χ0v) is 20.5. The molecule has 0 saturated carbocycles. The normalized spacial score (nSPS) is 15.1. The molecule has 33 heavy (non-hydrogen) atoms. The highest BCUT2D eigenvalue weighted by Crippen LogP contribution is 2.51. The second-order valence-corrected chi connectivity index (χ2v) is 12.3. The number of benzene rings is 2. The molecular formula is C22H14BrF2NO4S3. The fraction of sp³-hybridized carbons (Fsp3) is 0.0909. The van der Waals surface area contributed by atoms with Crippen molar-refractivity contribution in [2.75, 3.05) is 0 Å². The van der Waals surface area contributed by atoms with E-state index in [1.54, 1.807) is 35.7 Å². The third-order valence-electron chi connectivity index (χ3n) is 5.10. The van der Waals surface area contributed by atoms with Gasteiger partial charge in [-0.15, -0.1) is 22.7 Å². The number of thiophene rings is 2. The predicted octanol–water partition coefficient (Wildman–Crippen LogP) is 6.64. The fourth-order valence-corrected chi connectivity index (χ4v) is 7.15. The molecule has 5 nitrogen and oxygen atoms in total. The molecule has 1 aliphatic heterocycles. The SMILES string of the molecule is NS(=O)(=O)c1sccc1-c1ccc2c(c1)C(c1ccc(Br)s1)Oc1cccc(OC(F)F)c1-2. The van der Waals surface area contributed by atoms with Gasteiger partial charge in [-0.2, -0.15) is 8.78 Å². The number of hydrogen-bond donors (Lipinski definition) is 1. The van der Waals surface area contributed by atoms with Gasteiger partial charge in [-0.25, -0.2) is 13.6 Å². The Hall–Kier alpha value is -2.31. The van der Waals surface area contributed by atoms with E-state index in [1.165, 1.54) is 17.4 Å². The summed E-state index contributed by atoms with van der Waals surface area (Å²) < 4.78 is 62.3. The Balaban J connectivity index is 1.73. The Morgan fingerprint density at radius 1 is 1.09 bits per heavy atom. The van der Waals surface area contributed by atoms with Crippen molar-refractivity contribution in [1.29, 1.82) is 0 Å². The third kappa shape index (κ3) is 4.19. The maximum atomic E-state index is 13.1. The second-order valence-electron chi connectivity index (χ2n) is 7.12. The molecule has 0 spiro atoms. The first-order valence-electron chi connectivity index (χ1n) is 9.47. The van der Waals surface area contributed by atoms with Crippen molar-refractivity contribution < 1.29 is 26.7 Å². The van der Waals surface area contributed by atoms with E-state index in [1.807, 2.05) is 18.2 Å². The molecule has 2 aromatic heterocycles. The molecule has 0 fully saturated rings. The molecule has 0 amide bonds. The first-order chi connectivity index (χ1) is 15.7. The number of nitrogens with two attached hydrogens (primary N) is 1. The van der Waals surface area contributed by atoms with E-state index in [4.69, 9.17) is 14.6 Å². The van der Waals surface area contributed by atoms with Crippen molar-refractivity contribution in [3.63, 3.8) is 0 Å². The van der Waals surface area contributed by atoms with Crippen LogP contribution in [-0.4, -0.2) is 15.0 Å². The lowest BCUT2D eigenvalue weighted by atomic mass is 9.89. The van der Waals surface area contributed by atoms with Crippen molar-refractivity contribution >= 4 is 48.6 Å². The molecule has 5 rings (SSSR count). The first-order valence-corrected chi connectivity index (χ1v) is 13.5. The van der Waals surface area contributed by atoms with E-state index in [0.717, 1.165) is 20.0 Å². The number of fused-ring (bicyclic) bond motifs is 3. The average molecular weight is 570 g/mol. The maximum absolute atomic E-state index is 13.1. The van der Waals surface area contributed by atoms with E-state index in [9.17, 15) is 17.2 Å². The van der Waals surface area contributed by atoms with Crippen LogP contribution in [-0.2, 0) is 10.0 Å². The highest BCUT2D eigenvalue weighted by atomic mass is 79.9. The van der Waals surface area contributed by atoms with Gasteiger partial charge in [0.15, 0.2) is 6.10 Å². The van der Waals surface area contributed by atoms with Crippen LogP contribution < -0.4 is 14.6 Å². The van der Waals surface area contributed by atoms with Crippen LogP contribution in [0.1, 0.15) is 16.5 Å². The minimum Gasteiger partial charge on any atom is -0.479 e. The van der Waals surface area contributed by atoms with Gasteiger partial charge >= 0.3 is 6.61 Å². The van der Waals surface area contributed by atoms with Gasteiger partial charge in [0.2, 0.25) is 10.0 Å². The molecule has 11 heteroatoms. The Morgan fingerprint density at radius 2 is 1.91 bits per heavy atom. The van der Waals surface area contributed by atoms with Gasteiger partial charge in [-0.1, -0.05) is 18.2 Å². The molecule has 0 saturated heterocycles. The molecule has 1 unspecified atom stereocenters. The molecule has 0 radical (unpaired) electrons. The number of sulfonamides is 1. The van der Waals surface area contributed by atoms with Crippen LogP contribution >= 0.6 is 38.6 Å². The molecule has 1 atom stereocenters. The van der Waals surface area contributed by atoms with Crippen LogP contribution in [0.4, 0.5) is 8.78 Å². The summed E-state index contributed by atoms with van der Waals surface area (Å²) in [5.74, 6) is 0.423. The Labute approximate surface area is 204 Å². The lowest BCUT2D eigenvalue weighted by molar-refractivity contribution is -0.0496. The van der Waals surface area contributed by atoms with E-state index >= 15 is 0 Å². The summed E-state index contributed by atoms with van der Waals surface area (Å²) in [5.41, 5.74) is 2.88. The molecule has 0 bridgehead atoms. The summed E-state index contributed by atoms with van der Waals surface area (Å²) in [6.45, 7) is -2.99. The maximum Gasteiger partial charge on any atom is 0.387 e. The van der Waals surface area contributed by atoms with E-state index in [2.05, 4.69) is 15.9 Å². The highest BCUT2D eigenvalue weighted by Gasteiger charge is 2.32. The van der Waals surface area contributed by atoms with Gasteiger partial charge in [-0.05, 0) is 68.8 Å². The summed E-state index contributed by atoms with van der Waals surface area (Å²) in [5, 5.41) is 7.05. The number of ether oxygens (including phenoxy) is 2. The summed E-state index contributed by atoms with van der Waals surface area (Å²) in [6.07, 6.45) is -0.526. The van der Waals surface area contributed by atoms with Gasteiger partial charge < -0.3 is 9.47 Å². The van der Waals surface area contributed by atoms with Crippen LogP contribution in [0.2, 0.25) is 0 Å². The minimum atomic E-state index is -3.91. The standard InChI is InChI=1S/C22H14BrF2NO4S3/c23-18-7-6-17(32-18)20-14-10-11(12-8-9-31-21(12)33(26,27)28)4-5-13(14)19-15(29-20)2-1-3-16(19)30-22(24)25/h1-10,20,22H,(H2,26,27,28). The number of rotatable bonds is 5. The number of halogens is 3. The zero-order valence-electron chi connectivity index (χ0n) is 16.5. The molecule has 170 valence electrons. The van der Waals surface area contributed by atoms with Gasteiger partial charge in [0.25, 0.3) is 0 Å². The number of primary sulfonamides is 1. The quantitative estimate of drug-likeness (QED) is 0.292. The van der Waals surface area contributed by atoms with Crippen LogP contribution in [0, 0.1) is 0 Å². The smallest absolute Gasteiger partial charge is 0.387 e. The lowest BCUT2D eigenvalue weighted by Crippen LogP contribution is -2.16. The van der Waals surface area contributed by atoms with Gasteiger partial charge in [0, 0.05) is 11.1 Å². The van der Waals surface area contributed by atoms with Crippen LogP contribution in [0.3, 0.4) is 0 Å². The Bertz CT molecular complexity index is 1470. The first kappa shape index (κ1) is 22.5. The predicted molar refractivity (Wildman–Crippen MR) is 128 cm³/mol. The van der Waals surface area contributed by atoms with Crippen molar-refractivity contribution in [2.24, 2.45) is 5.14 Å². The molecular weight excluding hydrogens is 556 g/mol. The number of hydrogen-bond acceptors (Lipinski definition) is 6. The fourth-order valence-electron chi connectivity index (χ4n) is 3.84. The van der Waals surface area contributed by atoms with Crippen LogP contribution in [0.5, 0.6) is 11.5 Å². The Kier molecular flexibility index (Phi) is 5.78. The summed E-state index contributed by atoms with van der Waals surface area (Å²) >= 11 is 5.99. The summed E-state index contributed by atoms with van der Waals surface area (Å²) in [4.78, 5) is 0.892. The Morgan fingerprint density at radius 3 is 2.61 bits per heavy atom. The summed E-state index contributed by atoms with van der Waals surface area (Å²) in [6, 6.07) is 15.6. The van der Waals surface area contributed by atoms with Crippen molar-refractivity contribution in [3.8, 4) is 33.8 Å². The van der Waals surface area contributed by atoms with Crippen molar-refractivity contribution in [3.05, 3.63) is 74.2 Å². The van der Waals surface area contributed by atoms with Gasteiger partial charge in [0.1, 0.15) is 15.7 Å². The third-order valence-corrected chi connectivity index (χ3v) is 9.20. The van der Waals surface area contributed by atoms with Crippen LogP contribution in [0.25, 0.3) is 22.3 Å². The van der Waals surface area contributed by atoms with E-state index in [-0.39, 0.29) is 9.96 Å². The van der Waals surface area contributed by atoms with Gasteiger partial charge in [0.05, 0.1) is 14.2 Å². The average Bonchev–Trinajstić information content (AvgIpc) is 3.41. The molecule has 1 aliphatic rings. The minimum absolute atomic E-state index is 0.00284. The topological polar surface area (TPSA) is 78.6 Å². The van der Waals surface area contributed by atoms with Crippen molar-refractivity contribution in [1.82, 2.24) is 0 Å². The molecule has 0 aliphatic carbocycles. The second kappa shape index (κ2) is 8.48. The largest absolute Gasteiger partial charge is 0.479 e. The highest BCUT2D eigenvalue weighted by molar-refractivity contribution is 9.11. The number of alkyl halides is 2. The molecule has 2 aromatic carbocycles. The zero-order chi connectivity index (χ0) is 23.3. The monoisotopic (exact) mass is 569 g/mol. The molecule has 2 N–H and O–H groups in total.